The van der Waals surface area contributed by atoms with Crippen molar-refractivity contribution in [3.63, 3.8) is 0 Å². The number of carbonyl (C=O) groups is 2. The van der Waals surface area contributed by atoms with Gasteiger partial charge in [-0.15, -0.1) is 0 Å². The number of hydrogen-bond acceptors (Lipinski definition) is 6. The number of carbonyl (C=O) groups excluding carboxylic acids is 2. The molecular formula is C16H12INO6. The average Bonchev–Trinajstić information content (AvgIpc) is 2.59. The van der Waals surface area contributed by atoms with Crippen molar-refractivity contribution in [1.29, 1.82) is 0 Å². The molecule has 7 nitrogen and oxygen atoms in total. The number of methoxy groups -OCH3 is 1. The van der Waals surface area contributed by atoms with E-state index >= 15 is 0 Å². The van der Waals surface area contributed by atoms with Gasteiger partial charge in [0.2, 0.25) is 5.78 Å². The van der Waals surface area contributed by atoms with Crippen LogP contribution in [0, 0.1) is 13.7 Å². The summed E-state index contributed by atoms with van der Waals surface area (Å²) in [6.45, 7) is -0.497. The van der Waals surface area contributed by atoms with Crippen LogP contribution in [0.2, 0.25) is 0 Å². The number of halogens is 1. The molecule has 2 rings (SSSR count). The Morgan fingerprint density at radius 2 is 1.92 bits per heavy atom. The van der Waals surface area contributed by atoms with E-state index in [9.17, 15) is 19.7 Å². The number of ether oxygens (including phenoxy) is 2. The molecule has 0 bridgehead atoms. The van der Waals surface area contributed by atoms with Crippen LogP contribution in [0.5, 0.6) is 5.75 Å². The topological polar surface area (TPSA) is 95.7 Å². The molecule has 0 aliphatic rings. The molecule has 0 aliphatic carbocycles. The van der Waals surface area contributed by atoms with E-state index in [0.29, 0.717) is 5.75 Å². The Morgan fingerprint density at radius 1 is 1.17 bits per heavy atom. The van der Waals surface area contributed by atoms with Crippen LogP contribution in [0.25, 0.3) is 0 Å². The normalized spacial score (nSPS) is 10.1. The number of hydrogen-bond donors (Lipinski definition) is 0. The third kappa shape index (κ3) is 4.28. The number of esters is 1. The van der Waals surface area contributed by atoms with E-state index in [-0.39, 0.29) is 16.8 Å². The summed E-state index contributed by atoms with van der Waals surface area (Å²) < 4.78 is 10.8. The number of nitro benzene ring substituents is 1. The van der Waals surface area contributed by atoms with Crippen LogP contribution in [-0.2, 0) is 4.74 Å². The fourth-order valence-corrected chi connectivity index (χ4v) is 2.62. The van der Waals surface area contributed by atoms with Crippen molar-refractivity contribution in [3.05, 3.63) is 67.3 Å². The van der Waals surface area contributed by atoms with Crippen LogP contribution < -0.4 is 4.74 Å². The summed E-state index contributed by atoms with van der Waals surface area (Å²) in [7, 11) is 1.52. The van der Waals surface area contributed by atoms with Gasteiger partial charge in [0.1, 0.15) is 5.75 Å². The van der Waals surface area contributed by atoms with Gasteiger partial charge < -0.3 is 9.47 Å². The first-order chi connectivity index (χ1) is 11.4. The SMILES string of the molecule is COc1ccc(C(=O)OCC(=O)c2cccc([N+](=O)[O-])c2)cc1I. The van der Waals surface area contributed by atoms with Gasteiger partial charge in [0.15, 0.2) is 6.61 Å². The van der Waals surface area contributed by atoms with E-state index in [2.05, 4.69) is 0 Å². The van der Waals surface area contributed by atoms with Gasteiger partial charge in [-0.25, -0.2) is 4.79 Å². The molecule has 0 N–H and O–H groups in total. The second kappa shape index (κ2) is 7.86. The molecule has 24 heavy (non-hydrogen) atoms. The van der Waals surface area contributed by atoms with E-state index in [1.54, 1.807) is 12.1 Å². The zero-order valence-corrected chi connectivity index (χ0v) is 14.7. The lowest BCUT2D eigenvalue weighted by molar-refractivity contribution is -0.384. The largest absolute Gasteiger partial charge is 0.496 e. The minimum Gasteiger partial charge on any atom is -0.496 e. The van der Waals surface area contributed by atoms with Gasteiger partial charge in [0, 0.05) is 17.7 Å². The molecule has 0 aliphatic heterocycles. The summed E-state index contributed by atoms with van der Waals surface area (Å²) in [6, 6.07) is 9.99. The highest BCUT2D eigenvalue weighted by Gasteiger charge is 2.15. The first-order valence-electron chi connectivity index (χ1n) is 6.70. The van der Waals surface area contributed by atoms with E-state index in [1.807, 2.05) is 22.6 Å². The van der Waals surface area contributed by atoms with Crippen molar-refractivity contribution in [2.24, 2.45) is 0 Å². The van der Waals surface area contributed by atoms with Crippen molar-refractivity contribution in [3.8, 4) is 5.75 Å². The first-order valence-corrected chi connectivity index (χ1v) is 7.78. The summed E-state index contributed by atoms with van der Waals surface area (Å²) >= 11 is 2.02. The molecule has 0 aromatic heterocycles. The number of benzene rings is 2. The molecule has 0 fully saturated rings. The van der Waals surface area contributed by atoms with Gasteiger partial charge in [-0.05, 0) is 40.8 Å². The molecule has 0 saturated heterocycles. The molecular weight excluding hydrogens is 429 g/mol. The standard InChI is InChI=1S/C16H12INO6/c1-23-15-6-5-11(8-13(15)17)16(20)24-9-14(19)10-3-2-4-12(7-10)18(21)22/h2-8H,9H2,1H3. The Bertz CT molecular complexity index is 805. The van der Waals surface area contributed by atoms with Crippen LogP contribution in [0.4, 0.5) is 5.69 Å². The predicted molar refractivity (Wildman–Crippen MR) is 93.4 cm³/mol. The molecule has 0 amide bonds. The maximum absolute atomic E-state index is 12.0. The van der Waals surface area contributed by atoms with Crippen molar-refractivity contribution >= 4 is 40.0 Å². The second-order valence-corrected chi connectivity index (χ2v) is 5.82. The predicted octanol–water partition coefficient (Wildman–Crippen LogP) is 3.25. The smallest absolute Gasteiger partial charge is 0.338 e. The number of nitrogens with zero attached hydrogens (tertiary/aromatic N) is 1. The van der Waals surface area contributed by atoms with Gasteiger partial charge in [0.25, 0.3) is 5.69 Å². The van der Waals surface area contributed by atoms with Gasteiger partial charge in [0.05, 0.1) is 21.2 Å². The van der Waals surface area contributed by atoms with E-state index in [0.717, 1.165) is 9.64 Å². The molecule has 0 atom stereocenters. The summed E-state index contributed by atoms with van der Waals surface area (Å²) in [6.07, 6.45) is 0. The summed E-state index contributed by atoms with van der Waals surface area (Å²) in [5.74, 6) is -0.551. The van der Waals surface area contributed by atoms with Crippen LogP contribution in [0.3, 0.4) is 0 Å². The van der Waals surface area contributed by atoms with Crippen LogP contribution in [0.15, 0.2) is 42.5 Å². The summed E-state index contributed by atoms with van der Waals surface area (Å²) in [5, 5.41) is 10.7. The lowest BCUT2D eigenvalue weighted by atomic mass is 10.1. The highest BCUT2D eigenvalue weighted by Crippen LogP contribution is 2.22. The van der Waals surface area contributed by atoms with Gasteiger partial charge in [-0.2, -0.15) is 0 Å². The Balaban J connectivity index is 2.03. The summed E-state index contributed by atoms with van der Waals surface area (Å²) in [4.78, 5) is 34.1. The third-order valence-corrected chi connectivity index (χ3v) is 3.94. The average molecular weight is 441 g/mol. The van der Waals surface area contributed by atoms with E-state index in [1.165, 1.54) is 31.4 Å². The number of Topliss-reactive ketones (excluding diaryl/α,β-unsaturated/α-hetero) is 1. The maximum Gasteiger partial charge on any atom is 0.338 e. The quantitative estimate of drug-likeness (QED) is 0.225. The van der Waals surface area contributed by atoms with Crippen molar-refractivity contribution in [2.75, 3.05) is 13.7 Å². The Hall–Kier alpha value is -2.49. The minimum absolute atomic E-state index is 0.112. The van der Waals surface area contributed by atoms with Gasteiger partial charge in [-0.1, -0.05) is 12.1 Å². The van der Waals surface area contributed by atoms with E-state index in [4.69, 9.17) is 9.47 Å². The first kappa shape index (κ1) is 17.9. The van der Waals surface area contributed by atoms with Crippen LogP contribution in [-0.4, -0.2) is 30.4 Å². The number of non-ortho nitro benzene ring substituents is 1. The second-order valence-electron chi connectivity index (χ2n) is 4.66. The number of ketones is 1. The van der Waals surface area contributed by atoms with Crippen LogP contribution in [0.1, 0.15) is 20.7 Å². The monoisotopic (exact) mass is 441 g/mol. The zero-order valence-electron chi connectivity index (χ0n) is 12.5. The molecule has 2 aromatic carbocycles. The molecule has 0 saturated carbocycles. The van der Waals surface area contributed by atoms with E-state index < -0.39 is 23.3 Å². The van der Waals surface area contributed by atoms with Gasteiger partial charge in [-0.3, -0.25) is 14.9 Å². The molecule has 0 heterocycles. The lowest BCUT2D eigenvalue weighted by Crippen LogP contribution is -2.14. The zero-order chi connectivity index (χ0) is 17.7. The number of nitro groups is 1. The Kier molecular flexibility index (Phi) is 5.85. The maximum atomic E-state index is 12.0. The Morgan fingerprint density at radius 3 is 2.54 bits per heavy atom. The van der Waals surface area contributed by atoms with Crippen molar-refractivity contribution < 1.29 is 24.0 Å². The Labute approximate surface area is 150 Å². The fraction of sp³-hybridized carbons (Fsp3) is 0.125. The highest BCUT2D eigenvalue weighted by molar-refractivity contribution is 14.1. The fourth-order valence-electron chi connectivity index (χ4n) is 1.88. The molecule has 0 radical (unpaired) electrons. The third-order valence-electron chi connectivity index (χ3n) is 3.10. The van der Waals surface area contributed by atoms with Crippen LogP contribution >= 0.6 is 22.6 Å². The van der Waals surface area contributed by atoms with Crippen molar-refractivity contribution in [2.45, 2.75) is 0 Å². The molecule has 0 spiro atoms. The summed E-state index contributed by atoms with van der Waals surface area (Å²) in [5.41, 5.74) is 0.199. The lowest BCUT2D eigenvalue weighted by Gasteiger charge is -2.07. The molecule has 8 heteroatoms. The minimum atomic E-state index is -0.658. The molecule has 2 aromatic rings. The number of rotatable bonds is 6. The molecule has 0 unspecified atom stereocenters. The molecule has 124 valence electrons. The van der Waals surface area contributed by atoms with Gasteiger partial charge >= 0.3 is 5.97 Å². The highest BCUT2D eigenvalue weighted by atomic mass is 127. The van der Waals surface area contributed by atoms with Crippen molar-refractivity contribution in [1.82, 2.24) is 0 Å².